The molecule has 2 aromatic heterocycles. The molecule has 1 amide bonds. The molecule has 3 aromatic rings. The lowest BCUT2D eigenvalue weighted by molar-refractivity contribution is 0.0169. The molecule has 3 N–H and O–H groups in total. The number of furan rings is 1. The van der Waals surface area contributed by atoms with Crippen molar-refractivity contribution in [1.29, 1.82) is 0 Å². The van der Waals surface area contributed by atoms with Crippen molar-refractivity contribution < 1.29 is 19.2 Å². The Hall–Kier alpha value is -3.10. The van der Waals surface area contributed by atoms with Crippen molar-refractivity contribution in [1.82, 2.24) is 10.0 Å². The van der Waals surface area contributed by atoms with Gasteiger partial charge in [0, 0.05) is 12.7 Å². The van der Waals surface area contributed by atoms with E-state index in [2.05, 4.69) is 10.8 Å². The van der Waals surface area contributed by atoms with Crippen LogP contribution in [0.3, 0.4) is 0 Å². The van der Waals surface area contributed by atoms with E-state index in [0.717, 1.165) is 16.8 Å². The van der Waals surface area contributed by atoms with E-state index in [1.165, 1.54) is 16.9 Å². The van der Waals surface area contributed by atoms with Crippen LogP contribution in [0.1, 0.15) is 35.3 Å². The summed E-state index contributed by atoms with van der Waals surface area (Å²) in [6.07, 6.45) is 1.36. The molecule has 2 heterocycles. The van der Waals surface area contributed by atoms with Crippen molar-refractivity contribution in [2.75, 3.05) is 18.5 Å². The van der Waals surface area contributed by atoms with E-state index in [1.54, 1.807) is 7.05 Å². The topological polar surface area (TPSA) is 106 Å². The monoisotopic (exact) mass is 401 g/mol. The van der Waals surface area contributed by atoms with Gasteiger partial charge in [-0.2, -0.15) is 0 Å². The fraction of sp³-hybridized carbons (Fsp3) is 0.333. The number of aromatic nitrogens is 1. The van der Waals surface area contributed by atoms with Crippen LogP contribution in [0.25, 0.3) is 11.0 Å². The number of nitrogens with zero attached hydrogens (tertiary/aromatic N) is 1. The Kier molecular flexibility index (Phi) is 7.58. The van der Waals surface area contributed by atoms with Crippen molar-refractivity contribution in [2.45, 2.75) is 27.7 Å². The van der Waals surface area contributed by atoms with E-state index in [0.29, 0.717) is 0 Å². The van der Waals surface area contributed by atoms with Crippen LogP contribution in [0.15, 0.2) is 39.7 Å². The first-order valence-electron chi connectivity index (χ1n) is 9.41. The number of pyridine rings is 1. The third-order valence-electron chi connectivity index (χ3n) is 4.22. The zero-order valence-electron chi connectivity index (χ0n) is 17.3. The highest BCUT2D eigenvalue weighted by Crippen LogP contribution is 2.28. The van der Waals surface area contributed by atoms with Gasteiger partial charge in [0.05, 0.1) is 24.9 Å². The fourth-order valence-corrected chi connectivity index (χ4v) is 2.88. The highest BCUT2D eigenvalue weighted by atomic mass is 16.7. The van der Waals surface area contributed by atoms with Crippen LogP contribution in [0.2, 0.25) is 0 Å². The molecule has 0 aliphatic heterocycles. The van der Waals surface area contributed by atoms with Gasteiger partial charge in [0.2, 0.25) is 0 Å². The van der Waals surface area contributed by atoms with Crippen molar-refractivity contribution in [2.24, 2.45) is 7.05 Å². The highest BCUT2D eigenvalue weighted by molar-refractivity contribution is 6.09. The number of aliphatic hydroxyl groups excluding tert-OH is 1. The third kappa shape index (κ3) is 4.67. The zero-order chi connectivity index (χ0) is 21.6. The van der Waals surface area contributed by atoms with Crippen LogP contribution in [0.5, 0.6) is 0 Å². The van der Waals surface area contributed by atoms with Gasteiger partial charge in [-0.3, -0.25) is 19.0 Å². The van der Waals surface area contributed by atoms with Gasteiger partial charge >= 0.3 is 0 Å². The minimum absolute atomic E-state index is 0.0569. The second-order valence-corrected chi connectivity index (χ2v) is 6.20. The average molecular weight is 401 g/mol. The molecule has 0 atom stereocenters. The van der Waals surface area contributed by atoms with Crippen molar-refractivity contribution >= 4 is 28.4 Å². The Morgan fingerprint density at radius 2 is 1.97 bits per heavy atom. The van der Waals surface area contributed by atoms with E-state index in [1.807, 2.05) is 45.9 Å². The predicted octanol–water partition coefficient (Wildman–Crippen LogP) is 3.17. The number of hydrogen-bond acceptors (Lipinski definition) is 6. The summed E-state index contributed by atoms with van der Waals surface area (Å²) in [5.41, 5.74) is 5.09. The molecule has 0 fully saturated rings. The van der Waals surface area contributed by atoms with Crippen LogP contribution in [0, 0.1) is 13.8 Å². The molecule has 0 bridgehead atoms. The number of aryl methyl sites for hydroxylation is 2. The number of anilines is 2. The molecule has 8 heteroatoms. The fourth-order valence-electron chi connectivity index (χ4n) is 2.88. The lowest BCUT2D eigenvalue weighted by Crippen LogP contribution is -2.29. The molecule has 3 rings (SSSR count). The second kappa shape index (κ2) is 9.90. The molecule has 0 saturated heterocycles. The minimum atomic E-state index is -0.591. The normalized spacial score (nSPS) is 10.4. The molecule has 0 radical (unpaired) electrons. The number of rotatable bonds is 6. The Labute approximate surface area is 169 Å². The SMILES string of the molecule is CC.Cc1ccc(Nc2c(C(=O)NOCCO)c3occc3c(=O)n2C)c(C)c1. The first kappa shape index (κ1) is 22.2. The third-order valence-corrected chi connectivity index (χ3v) is 4.22. The van der Waals surface area contributed by atoms with Gasteiger partial charge in [0.15, 0.2) is 5.58 Å². The summed E-state index contributed by atoms with van der Waals surface area (Å²) in [4.78, 5) is 30.3. The largest absolute Gasteiger partial charge is 0.463 e. The summed E-state index contributed by atoms with van der Waals surface area (Å²) in [6.45, 7) is 7.62. The average Bonchev–Trinajstić information content (AvgIpc) is 3.19. The summed E-state index contributed by atoms with van der Waals surface area (Å²) in [6, 6.07) is 7.33. The van der Waals surface area contributed by atoms with E-state index in [-0.39, 0.29) is 41.1 Å². The molecule has 156 valence electrons. The minimum Gasteiger partial charge on any atom is -0.463 e. The van der Waals surface area contributed by atoms with Crippen LogP contribution >= 0.6 is 0 Å². The summed E-state index contributed by atoms with van der Waals surface area (Å²) < 4.78 is 6.78. The van der Waals surface area contributed by atoms with Crippen LogP contribution in [-0.4, -0.2) is 28.8 Å². The van der Waals surface area contributed by atoms with Crippen LogP contribution in [-0.2, 0) is 11.9 Å². The van der Waals surface area contributed by atoms with Crippen molar-refractivity contribution in [3.05, 3.63) is 57.6 Å². The number of benzene rings is 1. The summed E-state index contributed by atoms with van der Waals surface area (Å²) >= 11 is 0. The van der Waals surface area contributed by atoms with Crippen LogP contribution < -0.4 is 16.4 Å². The van der Waals surface area contributed by atoms with Gasteiger partial charge in [-0.1, -0.05) is 31.5 Å². The van der Waals surface area contributed by atoms with Crippen LogP contribution in [0.4, 0.5) is 11.5 Å². The lowest BCUT2D eigenvalue weighted by atomic mass is 10.1. The lowest BCUT2D eigenvalue weighted by Gasteiger charge is -2.17. The second-order valence-electron chi connectivity index (χ2n) is 6.20. The predicted molar refractivity (Wildman–Crippen MR) is 113 cm³/mol. The van der Waals surface area contributed by atoms with E-state index < -0.39 is 5.91 Å². The van der Waals surface area contributed by atoms with Gasteiger partial charge < -0.3 is 14.8 Å². The van der Waals surface area contributed by atoms with E-state index >= 15 is 0 Å². The molecule has 8 nitrogen and oxygen atoms in total. The number of carbonyl (C=O) groups is 1. The molecular weight excluding hydrogens is 374 g/mol. The zero-order valence-corrected chi connectivity index (χ0v) is 17.3. The van der Waals surface area contributed by atoms with Gasteiger partial charge in [-0.25, -0.2) is 5.48 Å². The smallest absolute Gasteiger partial charge is 0.282 e. The van der Waals surface area contributed by atoms with Gasteiger partial charge in [0.25, 0.3) is 11.5 Å². The number of hydrogen-bond donors (Lipinski definition) is 3. The number of amides is 1. The number of hydroxylamine groups is 1. The maximum absolute atomic E-state index is 12.7. The summed E-state index contributed by atoms with van der Waals surface area (Å²) in [7, 11) is 1.58. The Balaban J connectivity index is 0.00000145. The Bertz CT molecular complexity index is 1050. The molecule has 29 heavy (non-hydrogen) atoms. The van der Waals surface area contributed by atoms with Gasteiger partial charge in [-0.05, 0) is 31.5 Å². The molecule has 0 aliphatic carbocycles. The van der Waals surface area contributed by atoms with E-state index in [9.17, 15) is 9.59 Å². The first-order chi connectivity index (χ1) is 13.9. The molecular formula is C21H27N3O5. The number of carbonyl (C=O) groups excluding carboxylic acids is 1. The number of fused-ring (bicyclic) bond motifs is 1. The van der Waals surface area contributed by atoms with Gasteiger partial charge in [-0.15, -0.1) is 0 Å². The molecule has 0 spiro atoms. The molecule has 0 unspecified atom stereocenters. The maximum Gasteiger partial charge on any atom is 0.282 e. The molecule has 1 aromatic carbocycles. The van der Waals surface area contributed by atoms with Gasteiger partial charge in [0.1, 0.15) is 11.4 Å². The molecule has 0 aliphatic rings. The summed E-state index contributed by atoms with van der Waals surface area (Å²) in [5.74, 6) is -0.314. The standard InChI is InChI=1S/C19H21N3O5.C2H6/c1-11-4-5-14(12(2)10-11)20-17-15(18(24)21-27-9-7-23)16-13(6-8-26-16)19(25)22(17)3;1-2/h4-6,8,10,20,23H,7,9H2,1-3H3,(H,21,24);1-2H3. The van der Waals surface area contributed by atoms with Crippen molar-refractivity contribution in [3.63, 3.8) is 0 Å². The summed E-state index contributed by atoms with van der Waals surface area (Å²) in [5, 5.41) is 12.3. The van der Waals surface area contributed by atoms with Crippen molar-refractivity contribution in [3.8, 4) is 0 Å². The number of nitrogens with one attached hydrogen (secondary N) is 2. The number of aliphatic hydroxyl groups is 1. The quantitative estimate of drug-likeness (QED) is 0.433. The molecule has 0 saturated carbocycles. The first-order valence-corrected chi connectivity index (χ1v) is 9.41. The Morgan fingerprint density at radius 1 is 1.24 bits per heavy atom. The van der Waals surface area contributed by atoms with E-state index in [4.69, 9.17) is 14.4 Å². The maximum atomic E-state index is 12.7. The Morgan fingerprint density at radius 3 is 2.62 bits per heavy atom. The highest BCUT2D eigenvalue weighted by Gasteiger charge is 2.24.